The van der Waals surface area contributed by atoms with Gasteiger partial charge in [0.2, 0.25) is 22.3 Å². The Balaban J connectivity index is 1.90. The summed E-state index contributed by atoms with van der Waals surface area (Å²) >= 11 is 0. The third-order valence-corrected chi connectivity index (χ3v) is 4.77. The molecule has 1 aromatic rings. The summed E-state index contributed by atoms with van der Waals surface area (Å²) in [6, 6.07) is 4.33. The van der Waals surface area contributed by atoms with E-state index in [0.29, 0.717) is 26.2 Å². The van der Waals surface area contributed by atoms with Crippen LogP contribution in [-0.4, -0.2) is 63.3 Å². The summed E-state index contributed by atoms with van der Waals surface area (Å²) < 4.78 is 38.9. The maximum absolute atomic E-state index is 12.8. The second kappa shape index (κ2) is 6.84. The molecular weight excluding hydrogens is 313 g/mol. The summed E-state index contributed by atoms with van der Waals surface area (Å²) in [6.07, 6.45) is 0.721. The first kappa shape index (κ1) is 16.4. The van der Waals surface area contributed by atoms with Crippen LogP contribution in [0.25, 0.3) is 0 Å². The molecule has 2 rings (SSSR count). The van der Waals surface area contributed by atoms with Gasteiger partial charge < -0.3 is 9.80 Å². The SMILES string of the molecule is O=CN1CCN(C(=O)CNS(=O)(=O)c2ccc(F)cc2)CC1. The number of hydrogen-bond donors (Lipinski definition) is 1. The van der Waals surface area contributed by atoms with Gasteiger partial charge in [0.15, 0.2) is 0 Å². The quantitative estimate of drug-likeness (QED) is 0.731. The summed E-state index contributed by atoms with van der Waals surface area (Å²) in [5.74, 6) is -0.903. The lowest BCUT2D eigenvalue weighted by Crippen LogP contribution is -2.50. The molecule has 1 N–H and O–H groups in total. The lowest BCUT2D eigenvalue weighted by Gasteiger charge is -2.32. The molecule has 120 valence electrons. The average Bonchev–Trinajstić information content (AvgIpc) is 2.53. The average molecular weight is 329 g/mol. The fraction of sp³-hybridized carbons (Fsp3) is 0.385. The fourth-order valence-corrected chi connectivity index (χ4v) is 3.02. The minimum atomic E-state index is -3.86. The van der Waals surface area contributed by atoms with Crippen LogP contribution in [0.3, 0.4) is 0 Å². The van der Waals surface area contributed by atoms with Crippen molar-refractivity contribution in [2.45, 2.75) is 4.90 Å². The predicted molar refractivity (Wildman–Crippen MR) is 75.8 cm³/mol. The lowest BCUT2D eigenvalue weighted by atomic mass is 10.3. The van der Waals surface area contributed by atoms with Crippen LogP contribution in [0.5, 0.6) is 0 Å². The zero-order chi connectivity index (χ0) is 16.2. The number of benzene rings is 1. The highest BCUT2D eigenvalue weighted by molar-refractivity contribution is 7.89. The summed E-state index contributed by atoms with van der Waals surface area (Å²) in [6.45, 7) is 1.23. The molecule has 1 heterocycles. The molecule has 0 bridgehead atoms. The van der Waals surface area contributed by atoms with E-state index in [1.54, 1.807) is 4.90 Å². The molecule has 1 aliphatic rings. The number of nitrogens with zero attached hydrogens (tertiary/aromatic N) is 2. The predicted octanol–water partition coefficient (Wildman–Crippen LogP) is -0.595. The van der Waals surface area contributed by atoms with Crippen molar-refractivity contribution in [3.8, 4) is 0 Å². The third kappa shape index (κ3) is 4.01. The van der Waals surface area contributed by atoms with Gasteiger partial charge >= 0.3 is 0 Å². The van der Waals surface area contributed by atoms with Gasteiger partial charge in [0.05, 0.1) is 11.4 Å². The van der Waals surface area contributed by atoms with Crippen molar-refractivity contribution in [1.29, 1.82) is 0 Å². The van der Waals surface area contributed by atoms with Crippen LogP contribution < -0.4 is 4.72 Å². The summed E-state index contributed by atoms with van der Waals surface area (Å²) in [5, 5.41) is 0. The van der Waals surface area contributed by atoms with E-state index in [0.717, 1.165) is 30.7 Å². The Kier molecular flexibility index (Phi) is 5.09. The molecule has 0 radical (unpaired) electrons. The van der Waals surface area contributed by atoms with E-state index in [-0.39, 0.29) is 17.3 Å². The second-order valence-corrected chi connectivity index (χ2v) is 6.57. The standard InChI is InChI=1S/C13H16FN3O4S/c14-11-1-3-12(4-2-11)22(20,21)15-9-13(19)17-7-5-16(10-18)6-8-17/h1-4,10,15H,5-9H2. The first-order valence-electron chi connectivity index (χ1n) is 6.65. The molecule has 7 nitrogen and oxygen atoms in total. The Morgan fingerprint density at radius 1 is 1.18 bits per heavy atom. The minimum Gasteiger partial charge on any atom is -0.342 e. The second-order valence-electron chi connectivity index (χ2n) is 4.80. The van der Waals surface area contributed by atoms with Gasteiger partial charge in [-0.2, -0.15) is 0 Å². The van der Waals surface area contributed by atoms with Crippen molar-refractivity contribution in [2.24, 2.45) is 0 Å². The molecule has 1 aromatic carbocycles. The Hall–Kier alpha value is -2.00. The van der Waals surface area contributed by atoms with Gasteiger partial charge in [0.25, 0.3) is 0 Å². The number of piperazine rings is 1. The summed E-state index contributed by atoms with van der Waals surface area (Å²) in [4.78, 5) is 25.5. The first-order valence-corrected chi connectivity index (χ1v) is 8.13. The number of sulfonamides is 1. The molecule has 0 spiro atoms. The van der Waals surface area contributed by atoms with Gasteiger partial charge in [-0.25, -0.2) is 17.5 Å². The van der Waals surface area contributed by atoms with Crippen molar-refractivity contribution >= 4 is 22.3 Å². The Labute approximate surface area is 127 Å². The van der Waals surface area contributed by atoms with Crippen molar-refractivity contribution < 1.29 is 22.4 Å². The molecule has 0 aromatic heterocycles. The van der Waals surface area contributed by atoms with Crippen LogP contribution in [0, 0.1) is 5.82 Å². The van der Waals surface area contributed by atoms with Gasteiger partial charge in [0, 0.05) is 26.2 Å². The molecule has 1 fully saturated rings. The number of amides is 2. The Bertz CT molecular complexity index is 640. The molecular formula is C13H16FN3O4S. The van der Waals surface area contributed by atoms with Crippen LogP contribution in [0.15, 0.2) is 29.2 Å². The van der Waals surface area contributed by atoms with Crippen molar-refractivity contribution in [3.63, 3.8) is 0 Å². The van der Waals surface area contributed by atoms with Gasteiger partial charge in [0.1, 0.15) is 5.82 Å². The van der Waals surface area contributed by atoms with Crippen LogP contribution >= 0.6 is 0 Å². The van der Waals surface area contributed by atoms with Crippen LogP contribution in [0.4, 0.5) is 4.39 Å². The van der Waals surface area contributed by atoms with Gasteiger partial charge in [-0.1, -0.05) is 0 Å². The highest BCUT2D eigenvalue weighted by Crippen LogP contribution is 2.09. The Morgan fingerprint density at radius 2 is 1.77 bits per heavy atom. The van der Waals surface area contributed by atoms with Crippen molar-refractivity contribution in [3.05, 3.63) is 30.1 Å². The number of rotatable bonds is 5. The van der Waals surface area contributed by atoms with E-state index in [1.807, 2.05) is 0 Å². The van der Waals surface area contributed by atoms with Crippen LogP contribution in [-0.2, 0) is 19.6 Å². The number of nitrogens with one attached hydrogen (secondary N) is 1. The number of halogens is 1. The molecule has 2 amide bonds. The normalized spacial score (nSPS) is 15.7. The summed E-state index contributed by atoms with van der Waals surface area (Å²) in [7, 11) is -3.86. The van der Waals surface area contributed by atoms with Gasteiger partial charge in [-0.15, -0.1) is 0 Å². The van der Waals surface area contributed by atoms with Gasteiger partial charge in [-0.05, 0) is 24.3 Å². The number of hydrogen-bond acceptors (Lipinski definition) is 4. The smallest absolute Gasteiger partial charge is 0.241 e. The largest absolute Gasteiger partial charge is 0.342 e. The van der Waals surface area contributed by atoms with Crippen molar-refractivity contribution in [1.82, 2.24) is 14.5 Å². The molecule has 0 atom stereocenters. The number of carbonyl (C=O) groups excluding carboxylic acids is 2. The first-order chi connectivity index (χ1) is 10.4. The monoisotopic (exact) mass is 329 g/mol. The molecule has 1 saturated heterocycles. The maximum Gasteiger partial charge on any atom is 0.241 e. The van der Waals surface area contributed by atoms with Crippen LogP contribution in [0.2, 0.25) is 0 Å². The molecule has 0 saturated carbocycles. The Morgan fingerprint density at radius 3 is 2.32 bits per heavy atom. The molecule has 9 heteroatoms. The zero-order valence-corrected chi connectivity index (χ0v) is 12.6. The fourth-order valence-electron chi connectivity index (χ4n) is 2.04. The van der Waals surface area contributed by atoms with E-state index in [1.165, 1.54) is 4.90 Å². The lowest BCUT2D eigenvalue weighted by molar-refractivity contribution is -0.134. The van der Waals surface area contributed by atoms with Crippen LogP contribution in [0.1, 0.15) is 0 Å². The van der Waals surface area contributed by atoms with E-state index in [9.17, 15) is 22.4 Å². The van der Waals surface area contributed by atoms with Gasteiger partial charge in [-0.3, -0.25) is 9.59 Å². The summed E-state index contributed by atoms with van der Waals surface area (Å²) in [5.41, 5.74) is 0. The van der Waals surface area contributed by atoms with E-state index in [2.05, 4.69) is 4.72 Å². The van der Waals surface area contributed by atoms with E-state index in [4.69, 9.17) is 0 Å². The number of carbonyl (C=O) groups is 2. The minimum absolute atomic E-state index is 0.104. The molecule has 0 aliphatic carbocycles. The maximum atomic E-state index is 12.8. The molecule has 1 aliphatic heterocycles. The molecule has 0 unspecified atom stereocenters. The third-order valence-electron chi connectivity index (χ3n) is 3.35. The van der Waals surface area contributed by atoms with E-state index < -0.39 is 15.8 Å². The molecule has 22 heavy (non-hydrogen) atoms. The highest BCUT2D eigenvalue weighted by Gasteiger charge is 2.22. The van der Waals surface area contributed by atoms with Crippen molar-refractivity contribution in [2.75, 3.05) is 32.7 Å². The zero-order valence-electron chi connectivity index (χ0n) is 11.7. The highest BCUT2D eigenvalue weighted by atomic mass is 32.2. The topological polar surface area (TPSA) is 86.8 Å². The van der Waals surface area contributed by atoms with E-state index >= 15 is 0 Å².